The molecular formula is C14H20N2O4. The first-order valence-corrected chi connectivity index (χ1v) is 6.48. The Morgan fingerprint density at radius 1 is 1.40 bits per heavy atom. The molecular weight excluding hydrogens is 260 g/mol. The highest BCUT2D eigenvalue weighted by Crippen LogP contribution is 2.21. The molecule has 1 aromatic carbocycles. The molecule has 0 aliphatic heterocycles. The van der Waals surface area contributed by atoms with E-state index in [1.54, 1.807) is 26.0 Å². The molecule has 0 heterocycles. The van der Waals surface area contributed by atoms with Crippen molar-refractivity contribution in [1.82, 2.24) is 4.90 Å². The number of aliphatic hydroxyl groups is 1. The van der Waals surface area contributed by atoms with E-state index in [0.717, 1.165) is 0 Å². The lowest BCUT2D eigenvalue weighted by molar-refractivity contribution is -0.385. The zero-order chi connectivity index (χ0) is 15.4. The van der Waals surface area contributed by atoms with Gasteiger partial charge >= 0.3 is 0 Å². The van der Waals surface area contributed by atoms with Gasteiger partial charge in [-0.25, -0.2) is 0 Å². The average Bonchev–Trinajstić information content (AvgIpc) is 2.34. The van der Waals surface area contributed by atoms with Gasteiger partial charge in [-0.1, -0.05) is 6.07 Å². The highest BCUT2D eigenvalue weighted by molar-refractivity contribution is 5.95. The molecule has 0 spiro atoms. The van der Waals surface area contributed by atoms with Crippen molar-refractivity contribution in [3.63, 3.8) is 0 Å². The molecule has 0 saturated carbocycles. The number of nitro groups is 1. The van der Waals surface area contributed by atoms with Crippen LogP contribution in [0.3, 0.4) is 0 Å². The first-order valence-electron chi connectivity index (χ1n) is 6.48. The zero-order valence-electron chi connectivity index (χ0n) is 12.2. The standard InChI is InChI=1S/C14H20N2O4/c1-9(2)15(8-11(4)17)14(18)12-6-5-10(3)13(7-12)16(19)20/h5-7,9,11,17H,8H2,1-4H3. The van der Waals surface area contributed by atoms with E-state index < -0.39 is 11.0 Å². The molecule has 0 aromatic heterocycles. The summed E-state index contributed by atoms with van der Waals surface area (Å²) in [7, 11) is 0. The lowest BCUT2D eigenvalue weighted by atomic mass is 10.1. The van der Waals surface area contributed by atoms with Gasteiger partial charge in [0.1, 0.15) is 0 Å². The number of benzene rings is 1. The second-order valence-corrected chi connectivity index (χ2v) is 5.16. The van der Waals surface area contributed by atoms with Crippen LogP contribution in [0.15, 0.2) is 18.2 Å². The Labute approximate surface area is 118 Å². The Bertz CT molecular complexity index is 512. The summed E-state index contributed by atoms with van der Waals surface area (Å²) in [6.07, 6.45) is -0.651. The molecule has 6 heteroatoms. The van der Waals surface area contributed by atoms with E-state index in [2.05, 4.69) is 0 Å². The summed E-state index contributed by atoms with van der Waals surface area (Å²) in [5, 5.41) is 20.4. The van der Waals surface area contributed by atoms with E-state index in [1.165, 1.54) is 11.0 Å². The number of aliphatic hydroxyl groups excluding tert-OH is 1. The third-order valence-electron chi connectivity index (χ3n) is 3.00. The van der Waals surface area contributed by atoms with Crippen LogP contribution in [-0.4, -0.2) is 39.5 Å². The first kappa shape index (κ1) is 16.1. The summed E-state index contributed by atoms with van der Waals surface area (Å²) in [4.78, 5) is 24.3. The van der Waals surface area contributed by atoms with E-state index in [-0.39, 0.29) is 29.7 Å². The van der Waals surface area contributed by atoms with Crippen molar-refractivity contribution in [2.75, 3.05) is 6.54 Å². The molecule has 0 aliphatic rings. The Hall–Kier alpha value is -1.95. The van der Waals surface area contributed by atoms with Crippen LogP contribution in [0, 0.1) is 17.0 Å². The molecule has 1 rings (SSSR count). The fourth-order valence-electron chi connectivity index (χ4n) is 1.92. The number of hydrogen-bond acceptors (Lipinski definition) is 4. The molecule has 20 heavy (non-hydrogen) atoms. The van der Waals surface area contributed by atoms with Crippen molar-refractivity contribution < 1.29 is 14.8 Å². The quantitative estimate of drug-likeness (QED) is 0.661. The van der Waals surface area contributed by atoms with Gasteiger partial charge in [-0.05, 0) is 33.8 Å². The lowest BCUT2D eigenvalue weighted by Gasteiger charge is -2.28. The summed E-state index contributed by atoms with van der Waals surface area (Å²) in [5.41, 5.74) is 0.700. The van der Waals surface area contributed by atoms with Crippen LogP contribution in [0.5, 0.6) is 0 Å². The van der Waals surface area contributed by atoms with Gasteiger partial charge in [0.25, 0.3) is 11.6 Å². The van der Waals surface area contributed by atoms with Gasteiger partial charge in [0.2, 0.25) is 0 Å². The Kier molecular flexibility index (Phi) is 5.21. The van der Waals surface area contributed by atoms with Gasteiger partial charge in [0.15, 0.2) is 0 Å². The monoisotopic (exact) mass is 280 g/mol. The van der Waals surface area contributed by atoms with Crippen molar-refractivity contribution in [3.05, 3.63) is 39.4 Å². The van der Waals surface area contributed by atoms with Crippen molar-refractivity contribution in [2.45, 2.75) is 39.8 Å². The number of nitrogens with zero attached hydrogens (tertiary/aromatic N) is 2. The number of hydrogen-bond donors (Lipinski definition) is 1. The number of rotatable bonds is 5. The third kappa shape index (κ3) is 3.77. The van der Waals surface area contributed by atoms with E-state index in [0.29, 0.717) is 5.56 Å². The van der Waals surface area contributed by atoms with Crippen LogP contribution in [-0.2, 0) is 0 Å². The van der Waals surface area contributed by atoms with Crippen molar-refractivity contribution >= 4 is 11.6 Å². The van der Waals surface area contributed by atoms with Crippen LogP contribution < -0.4 is 0 Å². The molecule has 1 unspecified atom stereocenters. The Morgan fingerprint density at radius 3 is 2.45 bits per heavy atom. The molecule has 0 aliphatic carbocycles. The lowest BCUT2D eigenvalue weighted by Crippen LogP contribution is -2.41. The molecule has 1 atom stereocenters. The first-order chi connectivity index (χ1) is 9.23. The summed E-state index contributed by atoms with van der Waals surface area (Å²) in [6, 6.07) is 4.32. The fourth-order valence-corrected chi connectivity index (χ4v) is 1.92. The average molecular weight is 280 g/mol. The summed E-state index contributed by atoms with van der Waals surface area (Å²) in [6.45, 7) is 7.09. The van der Waals surface area contributed by atoms with Gasteiger partial charge in [-0.3, -0.25) is 14.9 Å². The molecule has 1 amide bonds. The second-order valence-electron chi connectivity index (χ2n) is 5.16. The largest absolute Gasteiger partial charge is 0.392 e. The number of nitro benzene ring substituents is 1. The minimum absolute atomic E-state index is 0.0726. The maximum absolute atomic E-state index is 12.4. The van der Waals surface area contributed by atoms with Gasteiger partial charge < -0.3 is 10.0 Å². The summed E-state index contributed by atoms with van der Waals surface area (Å²) >= 11 is 0. The van der Waals surface area contributed by atoms with Crippen LogP contribution in [0.4, 0.5) is 5.69 Å². The summed E-state index contributed by atoms with van der Waals surface area (Å²) < 4.78 is 0. The van der Waals surface area contributed by atoms with E-state index >= 15 is 0 Å². The molecule has 6 nitrogen and oxygen atoms in total. The van der Waals surface area contributed by atoms with Crippen molar-refractivity contribution in [1.29, 1.82) is 0 Å². The Morgan fingerprint density at radius 2 is 2.00 bits per heavy atom. The van der Waals surface area contributed by atoms with E-state index in [4.69, 9.17) is 0 Å². The van der Waals surface area contributed by atoms with E-state index in [1.807, 2.05) is 13.8 Å². The Balaban J connectivity index is 3.12. The molecule has 0 radical (unpaired) electrons. The molecule has 1 N–H and O–H groups in total. The minimum atomic E-state index is -0.651. The van der Waals surface area contributed by atoms with Crippen LogP contribution in [0.25, 0.3) is 0 Å². The number of aryl methyl sites for hydroxylation is 1. The van der Waals surface area contributed by atoms with Crippen LogP contribution in [0.1, 0.15) is 36.7 Å². The normalized spacial score (nSPS) is 12.3. The molecule has 0 bridgehead atoms. The maximum atomic E-state index is 12.4. The predicted molar refractivity (Wildman–Crippen MR) is 75.7 cm³/mol. The predicted octanol–water partition coefficient (Wildman–Crippen LogP) is 2.13. The third-order valence-corrected chi connectivity index (χ3v) is 3.00. The molecule has 0 saturated heterocycles. The molecule has 110 valence electrons. The van der Waals surface area contributed by atoms with Gasteiger partial charge in [-0.15, -0.1) is 0 Å². The van der Waals surface area contributed by atoms with Gasteiger partial charge in [0.05, 0.1) is 11.0 Å². The van der Waals surface area contributed by atoms with Gasteiger partial charge in [-0.2, -0.15) is 0 Å². The smallest absolute Gasteiger partial charge is 0.273 e. The number of carbonyl (C=O) groups is 1. The highest BCUT2D eigenvalue weighted by Gasteiger charge is 2.22. The minimum Gasteiger partial charge on any atom is -0.392 e. The molecule has 0 fully saturated rings. The SMILES string of the molecule is Cc1ccc(C(=O)N(CC(C)O)C(C)C)cc1[N+](=O)[O-]. The van der Waals surface area contributed by atoms with Crippen molar-refractivity contribution in [3.8, 4) is 0 Å². The molecule has 1 aromatic rings. The van der Waals surface area contributed by atoms with Gasteiger partial charge in [0, 0.05) is 29.8 Å². The van der Waals surface area contributed by atoms with Crippen LogP contribution >= 0.6 is 0 Å². The number of carbonyl (C=O) groups excluding carboxylic acids is 1. The van der Waals surface area contributed by atoms with E-state index in [9.17, 15) is 20.0 Å². The number of amides is 1. The maximum Gasteiger partial charge on any atom is 0.273 e. The topological polar surface area (TPSA) is 83.7 Å². The zero-order valence-corrected chi connectivity index (χ0v) is 12.2. The second kappa shape index (κ2) is 6.47. The fraction of sp³-hybridized carbons (Fsp3) is 0.500. The van der Waals surface area contributed by atoms with Crippen LogP contribution in [0.2, 0.25) is 0 Å². The highest BCUT2D eigenvalue weighted by atomic mass is 16.6. The summed E-state index contributed by atoms with van der Waals surface area (Å²) in [5.74, 6) is -0.316. The van der Waals surface area contributed by atoms with Crippen molar-refractivity contribution in [2.24, 2.45) is 0 Å².